The van der Waals surface area contributed by atoms with Gasteiger partial charge < -0.3 is 0 Å². The molecule has 0 rings (SSSR count). The molecule has 5 heavy (non-hydrogen) atoms. The average Bonchev–Trinajstić information content (AvgIpc) is 0. The van der Waals surface area contributed by atoms with Crippen molar-refractivity contribution in [1.29, 1.82) is 0 Å². The van der Waals surface area contributed by atoms with E-state index in [2.05, 4.69) is 0 Å². The van der Waals surface area contributed by atoms with Crippen LogP contribution in [0.1, 0.15) is 0 Å². The maximum atomic E-state index is 0. The zero-order valence-corrected chi connectivity index (χ0v) is 11.1. The molecule has 2 radical (unpaired) electrons. The number of hydrogen-bond donors (Lipinski definition) is 0. The van der Waals surface area contributed by atoms with E-state index < -0.39 is 0 Å². The Hall–Kier alpha value is 2.95. The summed E-state index contributed by atoms with van der Waals surface area (Å²) in [6.45, 7) is 0. The summed E-state index contributed by atoms with van der Waals surface area (Å²) in [5.74, 6) is 0. The van der Waals surface area contributed by atoms with Crippen LogP contribution in [0.5, 0.6) is 0 Å². The normalized spacial score (nSPS) is 0. The predicted octanol–water partition coefficient (Wildman–Crippen LogP) is -0.0125. The molecule has 0 heterocycles. The third-order valence-electron chi connectivity index (χ3n) is 0. The molecule has 0 atom stereocenters. The molecule has 0 amide bonds. The van der Waals surface area contributed by atoms with Crippen molar-refractivity contribution in [3.05, 3.63) is 0 Å². The van der Waals surface area contributed by atoms with Crippen molar-refractivity contribution in [3.63, 3.8) is 0 Å². The Morgan fingerprint density at radius 1 is 1.00 bits per heavy atom. The third-order valence-corrected chi connectivity index (χ3v) is 0. The van der Waals surface area contributed by atoms with Gasteiger partial charge >= 0.3 is 0 Å². The summed E-state index contributed by atoms with van der Waals surface area (Å²) in [5, 5.41) is 0. The molecule has 0 bridgehead atoms. The van der Waals surface area contributed by atoms with E-state index in [1.165, 1.54) is 0 Å². The number of hydrogen-bond acceptors (Lipinski definition) is 0. The minimum atomic E-state index is 0. The second kappa shape index (κ2) is 28.3. The van der Waals surface area contributed by atoms with Gasteiger partial charge in [0.2, 0.25) is 0 Å². The molecule has 0 aliphatic rings. The average molecular weight is 538 g/mol. The van der Waals surface area contributed by atoms with Crippen molar-refractivity contribution in [2.24, 2.45) is 0 Å². The van der Waals surface area contributed by atoms with Crippen molar-refractivity contribution >= 4 is 0 Å². The molecular formula is CoFeNiTaW. The van der Waals surface area contributed by atoms with Crippen molar-refractivity contribution in [2.75, 3.05) is 0 Å². The Labute approximate surface area is 92.4 Å². The first-order valence-corrected chi connectivity index (χ1v) is 0. The van der Waals surface area contributed by atoms with Crippen LogP contribution in [0.3, 0.4) is 0 Å². The van der Waals surface area contributed by atoms with E-state index in [-0.39, 0.29) is 93.8 Å². The van der Waals surface area contributed by atoms with Crippen molar-refractivity contribution in [2.45, 2.75) is 0 Å². The smallest absolute Gasteiger partial charge is 0 e. The first-order valence-electron chi connectivity index (χ1n) is 0. The van der Waals surface area contributed by atoms with Crippen LogP contribution in [0.15, 0.2) is 0 Å². The minimum Gasteiger partial charge on any atom is 0 e. The molecular weight excluding hydrogens is 538 g/mol. The zero-order valence-electron chi connectivity index (χ0n) is 1.86. The van der Waals surface area contributed by atoms with E-state index in [9.17, 15) is 0 Å². The standard InChI is InChI=1S/Co.Fe.Ni.Ta.W. The Balaban J connectivity index is 0. The van der Waals surface area contributed by atoms with Gasteiger partial charge in [0.05, 0.1) is 0 Å². The van der Waals surface area contributed by atoms with Crippen molar-refractivity contribution in [3.8, 4) is 0 Å². The summed E-state index contributed by atoms with van der Waals surface area (Å²) in [4.78, 5) is 0. The fourth-order valence-corrected chi connectivity index (χ4v) is 0. The van der Waals surface area contributed by atoms with Gasteiger partial charge in [-0.25, -0.2) is 0 Å². The quantitative estimate of drug-likeness (QED) is 0.381. The molecule has 0 unspecified atom stereocenters. The fourth-order valence-electron chi connectivity index (χ4n) is 0. The molecule has 0 aliphatic carbocycles. The molecule has 0 aliphatic heterocycles. The zero-order chi connectivity index (χ0) is 0. The molecule has 0 aromatic carbocycles. The van der Waals surface area contributed by atoms with Crippen LogP contribution in [-0.2, 0) is 93.8 Å². The summed E-state index contributed by atoms with van der Waals surface area (Å²) >= 11 is 0. The van der Waals surface area contributed by atoms with Gasteiger partial charge in [-0.15, -0.1) is 0 Å². The summed E-state index contributed by atoms with van der Waals surface area (Å²) in [6, 6.07) is 0. The maximum absolute atomic E-state index is 0. The molecule has 0 nitrogen and oxygen atoms in total. The van der Waals surface area contributed by atoms with Gasteiger partial charge in [0.1, 0.15) is 0 Å². The molecule has 0 saturated heterocycles. The Bertz CT molecular complexity index is 11.6. The molecule has 5 heteroatoms. The van der Waals surface area contributed by atoms with Gasteiger partial charge in [-0.3, -0.25) is 0 Å². The van der Waals surface area contributed by atoms with E-state index in [0.717, 1.165) is 0 Å². The Morgan fingerprint density at radius 3 is 1.00 bits per heavy atom. The van der Waals surface area contributed by atoms with Gasteiger partial charge in [-0.2, -0.15) is 0 Å². The van der Waals surface area contributed by atoms with Gasteiger partial charge in [0.15, 0.2) is 0 Å². The van der Waals surface area contributed by atoms with Crippen LogP contribution in [0.2, 0.25) is 0 Å². The maximum Gasteiger partial charge on any atom is 0 e. The largest absolute Gasteiger partial charge is 0 e. The third kappa shape index (κ3) is 19.6. The summed E-state index contributed by atoms with van der Waals surface area (Å²) in [6.07, 6.45) is 0. The van der Waals surface area contributed by atoms with Crippen LogP contribution >= 0.6 is 0 Å². The molecule has 0 aromatic rings. The Morgan fingerprint density at radius 2 is 1.00 bits per heavy atom. The van der Waals surface area contributed by atoms with Crippen LogP contribution in [0.25, 0.3) is 0 Å². The fraction of sp³-hybridized carbons (Fsp3) is 0. The van der Waals surface area contributed by atoms with E-state index in [1.54, 1.807) is 0 Å². The first kappa shape index (κ1) is 44.1. The van der Waals surface area contributed by atoms with Crippen LogP contribution < -0.4 is 0 Å². The topological polar surface area (TPSA) is 0 Å². The predicted molar refractivity (Wildman–Crippen MR) is 0 cm³/mol. The van der Waals surface area contributed by atoms with E-state index in [0.29, 0.717) is 0 Å². The van der Waals surface area contributed by atoms with Crippen LogP contribution in [0.4, 0.5) is 0 Å². The molecule has 0 aromatic heterocycles. The molecule has 38 valence electrons. The molecule has 0 spiro atoms. The SMILES string of the molecule is [Co].[Fe].[Ni].[Ta].[W]. The molecule has 0 N–H and O–H groups in total. The van der Waals surface area contributed by atoms with Crippen molar-refractivity contribution in [1.82, 2.24) is 0 Å². The van der Waals surface area contributed by atoms with E-state index >= 15 is 0 Å². The number of rotatable bonds is 0. The van der Waals surface area contributed by atoms with Gasteiger partial charge in [0, 0.05) is 93.8 Å². The van der Waals surface area contributed by atoms with Crippen LogP contribution in [-0.4, -0.2) is 0 Å². The second-order valence-corrected chi connectivity index (χ2v) is 0. The Kier molecular flexibility index (Phi) is 250. The van der Waals surface area contributed by atoms with Crippen LogP contribution in [0, 0.1) is 0 Å². The van der Waals surface area contributed by atoms with E-state index in [1.807, 2.05) is 0 Å². The van der Waals surface area contributed by atoms with Gasteiger partial charge in [-0.05, 0) is 0 Å². The minimum absolute atomic E-state index is 0. The summed E-state index contributed by atoms with van der Waals surface area (Å²) in [5.41, 5.74) is 0. The summed E-state index contributed by atoms with van der Waals surface area (Å²) < 4.78 is 0. The monoisotopic (exact) mass is 538 g/mol. The summed E-state index contributed by atoms with van der Waals surface area (Å²) in [7, 11) is 0. The second-order valence-electron chi connectivity index (χ2n) is 0. The van der Waals surface area contributed by atoms with E-state index in [4.69, 9.17) is 0 Å². The molecule has 0 saturated carbocycles. The van der Waals surface area contributed by atoms with Gasteiger partial charge in [-0.1, -0.05) is 0 Å². The van der Waals surface area contributed by atoms with Crippen molar-refractivity contribution < 1.29 is 93.8 Å². The molecule has 0 fully saturated rings. The van der Waals surface area contributed by atoms with Gasteiger partial charge in [0.25, 0.3) is 0 Å². The first-order chi connectivity index (χ1) is 0.